The molecule has 31 heavy (non-hydrogen) atoms. The second-order valence-electron chi connectivity index (χ2n) is 6.27. The fraction of sp³-hybridized carbons (Fsp3) is 0.227. The average molecular weight is 424 g/mol. The number of esters is 1. The Morgan fingerprint density at radius 2 is 2.03 bits per heavy atom. The zero-order valence-electron chi connectivity index (χ0n) is 17.0. The third kappa shape index (κ3) is 4.87. The molecule has 2 aromatic rings. The van der Waals surface area contributed by atoms with Crippen LogP contribution in [0, 0.1) is 12.3 Å². The molecule has 0 bridgehead atoms. The quantitative estimate of drug-likeness (QED) is 0.300. The van der Waals surface area contributed by atoms with Gasteiger partial charge >= 0.3 is 12.0 Å². The minimum atomic E-state index is -0.649. The van der Waals surface area contributed by atoms with Crippen molar-refractivity contribution in [2.24, 2.45) is 0 Å². The standard InChI is InChI=1S/C22H20N2O7/c1-4-10-30-17-8-6-14(12-19(17)29-5-2)11-16-20(25)24(22(27)23-16)13-15-7-9-18(31-15)21(26)28-3/h1,6-9,11-12H,5,10,13H2,2-3H3,(H,23,27)/b16-11-. The van der Waals surface area contributed by atoms with Crippen molar-refractivity contribution < 1.29 is 33.0 Å². The summed E-state index contributed by atoms with van der Waals surface area (Å²) in [5.74, 6) is 2.39. The molecule has 3 amide bonds. The second-order valence-corrected chi connectivity index (χ2v) is 6.27. The molecule has 160 valence electrons. The summed E-state index contributed by atoms with van der Waals surface area (Å²) in [6.45, 7) is 2.19. The first-order valence-corrected chi connectivity index (χ1v) is 9.31. The molecule has 9 heteroatoms. The second kappa shape index (κ2) is 9.54. The number of rotatable bonds is 8. The Kier molecular flexibility index (Phi) is 6.62. The van der Waals surface area contributed by atoms with Crippen molar-refractivity contribution in [1.82, 2.24) is 10.2 Å². The van der Waals surface area contributed by atoms with E-state index >= 15 is 0 Å². The number of terminal acetylenes is 1. The third-order valence-corrected chi connectivity index (χ3v) is 4.21. The van der Waals surface area contributed by atoms with Crippen molar-refractivity contribution in [2.75, 3.05) is 20.3 Å². The van der Waals surface area contributed by atoms with Gasteiger partial charge in [0.15, 0.2) is 11.5 Å². The van der Waals surface area contributed by atoms with Crippen LogP contribution in [0.1, 0.15) is 28.8 Å². The van der Waals surface area contributed by atoms with E-state index in [1.54, 1.807) is 18.2 Å². The van der Waals surface area contributed by atoms with Gasteiger partial charge in [-0.15, -0.1) is 6.42 Å². The van der Waals surface area contributed by atoms with Gasteiger partial charge < -0.3 is 23.9 Å². The number of urea groups is 1. The molecule has 0 radical (unpaired) electrons. The number of hydrogen-bond acceptors (Lipinski definition) is 7. The Labute approximate surface area is 178 Å². The molecule has 2 heterocycles. The molecule has 1 aromatic heterocycles. The van der Waals surface area contributed by atoms with Crippen LogP contribution in [0.2, 0.25) is 0 Å². The Morgan fingerprint density at radius 3 is 2.74 bits per heavy atom. The third-order valence-electron chi connectivity index (χ3n) is 4.21. The van der Waals surface area contributed by atoms with Gasteiger partial charge in [0, 0.05) is 0 Å². The average Bonchev–Trinajstić information content (AvgIpc) is 3.33. The molecule has 1 aromatic carbocycles. The first kappa shape index (κ1) is 21.5. The highest BCUT2D eigenvalue weighted by molar-refractivity contribution is 6.13. The van der Waals surface area contributed by atoms with Gasteiger partial charge in [0.2, 0.25) is 5.76 Å². The first-order valence-electron chi connectivity index (χ1n) is 9.31. The first-order chi connectivity index (χ1) is 15.0. The monoisotopic (exact) mass is 424 g/mol. The minimum Gasteiger partial charge on any atom is -0.490 e. The van der Waals surface area contributed by atoms with Crippen LogP contribution in [0.25, 0.3) is 6.08 Å². The van der Waals surface area contributed by atoms with Crippen molar-refractivity contribution in [3.05, 3.63) is 53.1 Å². The van der Waals surface area contributed by atoms with Crippen LogP contribution in [-0.4, -0.2) is 43.1 Å². The van der Waals surface area contributed by atoms with E-state index in [4.69, 9.17) is 20.3 Å². The molecular formula is C22H20N2O7. The maximum Gasteiger partial charge on any atom is 0.373 e. The van der Waals surface area contributed by atoms with Crippen LogP contribution in [0.4, 0.5) is 4.79 Å². The minimum absolute atomic E-state index is 0.0177. The highest BCUT2D eigenvalue weighted by atomic mass is 16.5. The number of carbonyl (C=O) groups is 3. The van der Waals surface area contributed by atoms with Crippen LogP contribution >= 0.6 is 0 Å². The Morgan fingerprint density at radius 1 is 1.23 bits per heavy atom. The van der Waals surface area contributed by atoms with Crippen molar-refractivity contribution in [3.63, 3.8) is 0 Å². The number of ether oxygens (including phenoxy) is 3. The van der Waals surface area contributed by atoms with Crippen molar-refractivity contribution in [3.8, 4) is 23.8 Å². The number of methoxy groups -OCH3 is 1. The van der Waals surface area contributed by atoms with Crippen LogP contribution in [0.15, 0.2) is 40.4 Å². The molecule has 0 atom stereocenters. The molecule has 0 saturated carbocycles. The highest BCUT2D eigenvalue weighted by Gasteiger charge is 2.34. The number of nitrogens with zero attached hydrogens (tertiary/aromatic N) is 1. The number of nitrogens with one attached hydrogen (secondary N) is 1. The van der Waals surface area contributed by atoms with Gasteiger partial charge in [-0.1, -0.05) is 12.0 Å². The normalized spacial score (nSPS) is 14.4. The topological polar surface area (TPSA) is 107 Å². The fourth-order valence-electron chi connectivity index (χ4n) is 2.83. The molecule has 1 aliphatic rings. The molecule has 0 aliphatic carbocycles. The SMILES string of the molecule is C#CCOc1ccc(/C=C2\NC(=O)N(Cc3ccc(C(=O)OC)o3)C2=O)cc1OCC. The van der Waals surface area contributed by atoms with Gasteiger partial charge in [0.25, 0.3) is 5.91 Å². The van der Waals surface area contributed by atoms with Gasteiger partial charge in [-0.2, -0.15) is 0 Å². The summed E-state index contributed by atoms with van der Waals surface area (Å²) >= 11 is 0. The van der Waals surface area contributed by atoms with Crippen LogP contribution in [0.3, 0.4) is 0 Å². The van der Waals surface area contributed by atoms with Crippen molar-refractivity contribution >= 4 is 24.0 Å². The van der Waals surface area contributed by atoms with E-state index in [0.29, 0.717) is 23.7 Å². The molecule has 1 N–H and O–H groups in total. The molecule has 9 nitrogen and oxygen atoms in total. The number of furan rings is 1. The van der Waals surface area contributed by atoms with E-state index in [9.17, 15) is 14.4 Å². The van der Waals surface area contributed by atoms with E-state index < -0.39 is 17.9 Å². The molecule has 3 rings (SSSR count). The number of hydrogen-bond donors (Lipinski definition) is 1. The van der Waals surface area contributed by atoms with Gasteiger partial charge in [0.05, 0.1) is 20.3 Å². The number of imide groups is 1. The van der Waals surface area contributed by atoms with Gasteiger partial charge in [0.1, 0.15) is 18.1 Å². The van der Waals surface area contributed by atoms with Crippen LogP contribution in [0.5, 0.6) is 11.5 Å². The Hall–Kier alpha value is -4.19. The summed E-state index contributed by atoms with van der Waals surface area (Å²) in [5.41, 5.74) is 0.706. The smallest absolute Gasteiger partial charge is 0.373 e. The summed E-state index contributed by atoms with van der Waals surface area (Å²) < 4.78 is 20.9. The molecule has 0 spiro atoms. The lowest BCUT2D eigenvalue weighted by Gasteiger charge is -2.11. The Bertz CT molecular complexity index is 1080. The largest absolute Gasteiger partial charge is 0.490 e. The molecule has 1 aliphatic heterocycles. The molecular weight excluding hydrogens is 404 g/mol. The Balaban J connectivity index is 1.78. The van der Waals surface area contributed by atoms with Crippen molar-refractivity contribution in [1.29, 1.82) is 0 Å². The molecule has 0 unspecified atom stereocenters. The predicted octanol–water partition coefficient (Wildman–Crippen LogP) is 2.57. The summed E-state index contributed by atoms with van der Waals surface area (Å²) in [5, 5.41) is 2.53. The zero-order chi connectivity index (χ0) is 22.4. The lowest BCUT2D eigenvalue weighted by Crippen LogP contribution is -2.30. The number of benzene rings is 1. The van der Waals surface area contributed by atoms with E-state index in [2.05, 4.69) is 16.0 Å². The number of carbonyl (C=O) groups excluding carboxylic acids is 3. The summed E-state index contributed by atoms with van der Waals surface area (Å²) in [6.07, 6.45) is 6.75. The zero-order valence-corrected chi connectivity index (χ0v) is 17.0. The van der Waals surface area contributed by atoms with Gasteiger partial charge in [-0.05, 0) is 42.8 Å². The lowest BCUT2D eigenvalue weighted by atomic mass is 10.1. The van der Waals surface area contributed by atoms with Crippen LogP contribution in [-0.2, 0) is 16.1 Å². The van der Waals surface area contributed by atoms with E-state index in [1.165, 1.54) is 25.3 Å². The summed E-state index contributed by atoms with van der Waals surface area (Å²) in [4.78, 5) is 37.5. The molecule has 1 fully saturated rings. The highest BCUT2D eigenvalue weighted by Crippen LogP contribution is 2.30. The number of amides is 3. The predicted molar refractivity (Wildman–Crippen MR) is 109 cm³/mol. The van der Waals surface area contributed by atoms with E-state index in [-0.39, 0.29) is 30.4 Å². The molecule has 1 saturated heterocycles. The van der Waals surface area contributed by atoms with Crippen LogP contribution < -0.4 is 14.8 Å². The van der Waals surface area contributed by atoms with Gasteiger partial charge in [-0.3, -0.25) is 9.69 Å². The summed E-state index contributed by atoms with van der Waals surface area (Å²) in [7, 11) is 1.23. The lowest BCUT2D eigenvalue weighted by molar-refractivity contribution is -0.123. The maximum absolute atomic E-state index is 12.7. The van der Waals surface area contributed by atoms with Crippen molar-refractivity contribution in [2.45, 2.75) is 13.5 Å². The fourth-order valence-corrected chi connectivity index (χ4v) is 2.83. The summed E-state index contributed by atoms with van der Waals surface area (Å²) in [6, 6.07) is 7.36. The van der Waals surface area contributed by atoms with E-state index in [1.807, 2.05) is 6.92 Å². The maximum atomic E-state index is 12.7. The van der Waals surface area contributed by atoms with Gasteiger partial charge in [-0.25, -0.2) is 9.59 Å². The van der Waals surface area contributed by atoms with E-state index in [0.717, 1.165) is 4.90 Å².